The van der Waals surface area contributed by atoms with Gasteiger partial charge in [0, 0.05) is 40.9 Å². The van der Waals surface area contributed by atoms with Crippen molar-refractivity contribution in [2.75, 3.05) is 11.9 Å². The number of carboxylic acids is 1. The number of hydrogen-bond donors (Lipinski definition) is 2. The lowest BCUT2D eigenvalue weighted by atomic mass is 9.89. The van der Waals surface area contributed by atoms with E-state index in [9.17, 15) is 14.7 Å². The summed E-state index contributed by atoms with van der Waals surface area (Å²) in [5.41, 5.74) is 5.32. The second-order valence-corrected chi connectivity index (χ2v) is 7.14. The SMILES string of the molecule is CCNc1cc2oc3cc(=O)c(C)cc-3c(-c3ccccc3C(=O)O)c2cc1C. The van der Waals surface area contributed by atoms with E-state index in [1.54, 1.807) is 31.2 Å². The summed E-state index contributed by atoms with van der Waals surface area (Å²) in [5, 5.41) is 13.9. The lowest BCUT2D eigenvalue weighted by Crippen LogP contribution is -2.07. The molecule has 146 valence electrons. The van der Waals surface area contributed by atoms with Gasteiger partial charge in [-0.1, -0.05) is 18.2 Å². The second kappa shape index (κ2) is 7.09. The lowest BCUT2D eigenvalue weighted by Gasteiger charge is -2.19. The molecule has 0 spiro atoms. The molecule has 2 aromatic carbocycles. The van der Waals surface area contributed by atoms with Crippen molar-refractivity contribution in [3.63, 3.8) is 0 Å². The first-order chi connectivity index (χ1) is 13.9. The Morgan fingerprint density at radius 2 is 1.79 bits per heavy atom. The Bertz CT molecular complexity index is 1290. The number of fused-ring (bicyclic) bond motifs is 2. The highest BCUT2D eigenvalue weighted by atomic mass is 16.4. The number of carbonyl (C=O) groups is 1. The zero-order valence-corrected chi connectivity index (χ0v) is 16.5. The molecule has 0 amide bonds. The molecule has 1 aliphatic carbocycles. The Morgan fingerprint density at radius 1 is 1.03 bits per heavy atom. The van der Waals surface area contributed by atoms with Gasteiger partial charge < -0.3 is 14.8 Å². The standard InChI is InChI=1S/C24H21NO4/c1-4-25-19-11-21-17(9-13(19)2)23(15-7-5-6-8-16(15)24(27)28)18-10-14(3)20(26)12-22(18)29-21/h5-12,25H,4H2,1-3H3,(H,27,28). The summed E-state index contributed by atoms with van der Waals surface area (Å²) in [7, 11) is 0. The van der Waals surface area contributed by atoms with Crippen LogP contribution in [0.5, 0.6) is 0 Å². The largest absolute Gasteiger partial charge is 0.478 e. The summed E-state index contributed by atoms with van der Waals surface area (Å²) in [6.07, 6.45) is 0. The van der Waals surface area contributed by atoms with E-state index in [0.717, 1.165) is 34.3 Å². The summed E-state index contributed by atoms with van der Waals surface area (Å²) in [5.74, 6) is -0.560. The van der Waals surface area contributed by atoms with Crippen molar-refractivity contribution in [3.8, 4) is 22.5 Å². The minimum absolute atomic E-state index is 0.114. The van der Waals surface area contributed by atoms with Crippen LogP contribution >= 0.6 is 0 Å². The first kappa shape index (κ1) is 18.7. The fraction of sp³-hybridized carbons (Fsp3) is 0.167. The maximum atomic E-state index is 12.2. The molecule has 0 saturated heterocycles. The Balaban J connectivity index is 2.21. The number of hydrogen-bond acceptors (Lipinski definition) is 4. The minimum Gasteiger partial charge on any atom is -0.478 e. The smallest absolute Gasteiger partial charge is 0.336 e. The van der Waals surface area contributed by atoms with Gasteiger partial charge in [-0.05, 0) is 55.7 Å². The average molecular weight is 387 g/mol. The van der Waals surface area contributed by atoms with Crippen molar-refractivity contribution in [1.82, 2.24) is 0 Å². The van der Waals surface area contributed by atoms with Gasteiger partial charge in [-0.25, -0.2) is 4.79 Å². The van der Waals surface area contributed by atoms with Crippen LogP contribution in [0.25, 0.3) is 33.4 Å². The maximum absolute atomic E-state index is 12.2. The van der Waals surface area contributed by atoms with Crippen LogP contribution in [-0.2, 0) is 0 Å². The Labute approximate surface area is 168 Å². The molecule has 0 fully saturated rings. The number of rotatable bonds is 4. The van der Waals surface area contributed by atoms with E-state index in [0.29, 0.717) is 22.5 Å². The summed E-state index contributed by atoms with van der Waals surface area (Å²) in [4.78, 5) is 24.2. The molecular formula is C24H21NO4. The molecule has 2 aliphatic rings. The van der Waals surface area contributed by atoms with Crippen molar-refractivity contribution in [3.05, 3.63) is 75.4 Å². The van der Waals surface area contributed by atoms with Gasteiger partial charge in [-0.15, -0.1) is 0 Å². The van der Waals surface area contributed by atoms with E-state index in [4.69, 9.17) is 4.42 Å². The summed E-state index contributed by atoms with van der Waals surface area (Å²) in [6.45, 7) is 6.53. The van der Waals surface area contributed by atoms with Gasteiger partial charge >= 0.3 is 5.97 Å². The Morgan fingerprint density at radius 3 is 2.52 bits per heavy atom. The lowest BCUT2D eigenvalue weighted by molar-refractivity contribution is 0.0697. The molecule has 2 N–H and O–H groups in total. The number of aromatic carboxylic acids is 1. The molecule has 0 atom stereocenters. The van der Waals surface area contributed by atoms with Crippen LogP contribution in [0, 0.1) is 13.8 Å². The predicted molar refractivity (Wildman–Crippen MR) is 115 cm³/mol. The fourth-order valence-electron chi connectivity index (χ4n) is 3.74. The number of carboxylic acid groups (broad SMARTS) is 1. The summed E-state index contributed by atoms with van der Waals surface area (Å²) in [6, 6.07) is 14.1. The molecular weight excluding hydrogens is 366 g/mol. The Hall–Kier alpha value is -3.60. The summed E-state index contributed by atoms with van der Waals surface area (Å²) < 4.78 is 6.10. The van der Waals surface area contributed by atoms with Gasteiger partial charge in [0.15, 0.2) is 5.43 Å². The highest BCUT2D eigenvalue weighted by molar-refractivity contribution is 6.08. The Kier molecular flexibility index (Phi) is 4.59. The topological polar surface area (TPSA) is 79.5 Å². The molecule has 0 bridgehead atoms. The zero-order valence-electron chi connectivity index (χ0n) is 16.5. The highest BCUT2D eigenvalue weighted by Crippen LogP contribution is 2.42. The molecule has 0 saturated carbocycles. The van der Waals surface area contributed by atoms with Crippen LogP contribution in [0.3, 0.4) is 0 Å². The number of nitrogens with one attached hydrogen (secondary N) is 1. The van der Waals surface area contributed by atoms with Crippen molar-refractivity contribution in [2.24, 2.45) is 0 Å². The minimum atomic E-state index is -0.999. The molecule has 1 heterocycles. The normalized spacial score (nSPS) is 11.1. The molecule has 2 aromatic rings. The average Bonchev–Trinajstić information content (AvgIpc) is 2.69. The quantitative estimate of drug-likeness (QED) is 0.464. The van der Waals surface area contributed by atoms with E-state index in [2.05, 4.69) is 5.32 Å². The van der Waals surface area contributed by atoms with Crippen molar-refractivity contribution >= 4 is 22.6 Å². The predicted octanol–water partition coefficient (Wildman–Crippen LogP) is 5.31. The summed E-state index contributed by atoms with van der Waals surface area (Å²) >= 11 is 0. The molecule has 29 heavy (non-hydrogen) atoms. The van der Waals surface area contributed by atoms with E-state index < -0.39 is 5.97 Å². The molecule has 0 radical (unpaired) electrons. The molecule has 0 aromatic heterocycles. The van der Waals surface area contributed by atoms with Crippen LogP contribution < -0.4 is 10.7 Å². The zero-order chi connectivity index (χ0) is 20.7. The second-order valence-electron chi connectivity index (χ2n) is 7.14. The molecule has 5 heteroatoms. The van der Waals surface area contributed by atoms with Crippen molar-refractivity contribution < 1.29 is 14.3 Å². The maximum Gasteiger partial charge on any atom is 0.336 e. The van der Waals surface area contributed by atoms with Gasteiger partial charge in [0.1, 0.15) is 11.3 Å². The fourth-order valence-corrected chi connectivity index (χ4v) is 3.74. The third kappa shape index (κ3) is 3.14. The van der Waals surface area contributed by atoms with Crippen molar-refractivity contribution in [1.29, 1.82) is 0 Å². The third-order valence-corrected chi connectivity index (χ3v) is 5.16. The molecule has 5 nitrogen and oxygen atoms in total. The monoisotopic (exact) mass is 387 g/mol. The number of benzene rings is 3. The molecule has 4 rings (SSSR count). The van der Waals surface area contributed by atoms with Crippen LogP contribution in [0.1, 0.15) is 28.4 Å². The van der Waals surface area contributed by atoms with Gasteiger partial charge in [0.25, 0.3) is 0 Å². The van der Waals surface area contributed by atoms with Gasteiger partial charge in [-0.2, -0.15) is 0 Å². The third-order valence-electron chi connectivity index (χ3n) is 5.16. The van der Waals surface area contributed by atoms with E-state index in [-0.39, 0.29) is 11.0 Å². The van der Waals surface area contributed by atoms with Gasteiger partial charge in [-0.3, -0.25) is 4.79 Å². The van der Waals surface area contributed by atoms with Crippen LogP contribution in [0.15, 0.2) is 57.7 Å². The van der Waals surface area contributed by atoms with E-state index in [1.807, 2.05) is 32.0 Å². The highest BCUT2D eigenvalue weighted by Gasteiger charge is 2.22. The number of aryl methyl sites for hydroxylation is 2. The molecule has 0 unspecified atom stereocenters. The first-order valence-corrected chi connectivity index (χ1v) is 9.49. The van der Waals surface area contributed by atoms with Gasteiger partial charge in [0.2, 0.25) is 0 Å². The molecule has 1 aliphatic heterocycles. The van der Waals surface area contributed by atoms with Gasteiger partial charge in [0.05, 0.1) is 5.56 Å². The van der Waals surface area contributed by atoms with Crippen LogP contribution in [-0.4, -0.2) is 17.6 Å². The van der Waals surface area contributed by atoms with Crippen LogP contribution in [0.2, 0.25) is 0 Å². The van der Waals surface area contributed by atoms with Crippen LogP contribution in [0.4, 0.5) is 5.69 Å². The van der Waals surface area contributed by atoms with Crippen molar-refractivity contribution in [2.45, 2.75) is 20.8 Å². The number of anilines is 1. The van der Waals surface area contributed by atoms with E-state index in [1.165, 1.54) is 6.07 Å². The first-order valence-electron chi connectivity index (χ1n) is 9.49. The van der Waals surface area contributed by atoms with E-state index >= 15 is 0 Å².